The highest BCUT2D eigenvalue weighted by atomic mass is 16.5. The van der Waals surface area contributed by atoms with Crippen molar-refractivity contribution in [2.45, 2.75) is 193 Å². The zero-order valence-electron chi connectivity index (χ0n) is 31.3. The van der Waals surface area contributed by atoms with Gasteiger partial charge in [-0.1, -0.05) is 105 Å². The van der Waals surface area contributed by atoms with E-state index in [2.05, 4.69) is 50.6 Å². The van der Waals surface area contributed by atoms with E-state index in [4.69, 9.17) is 9.47 Å². The van der Waals surface area contributed by atoms with Gasteiger partial charge in [-0.25, -0.2) is 0 Å². The fraction of sp³-hybridized carbons (Fsp3) is 1.00. The van der Waals surface area contributed by atoms with Crippen LogP contribution >= 0.6 is 0 Å². The Balaban J connectivity index is 1.16. The molecule has 0 aromatic carbocycles. The van der Waals surface area contributed by atoms with Crippen LogP contribution in [0.1, 0.15) is 157 Å². The standard InChI is InChI=1S/C40H77N3O4/c1-6-7-8-9-10-11-12-13-14-15-22-46-26-32(44)27-47-33-18-21-36(37(45)25-33)40-42-38(34-19-16-28(2)23-30(34)4)41-39(43-40)35-20-17-29(3)24-31(35)5/h28-45H,6-27H2,1-5H3. The number of hydrogen-bond donors (Lipinski definition) is 5. The summed E-state index contributed by atoms with van der Waals surface area (Å²) in [5.41, 5.74) is 0. The van der Waals surface area contributed by atoms with Crippen LogP contribution in [0.15, 0.2) is 0 Å². The van der Waals surface area contributed by atoms with Gasteiger partial charge < -0.3 is 19.7 Å². The lowest BCUT2D eigenvalue weighted by Gasteiger charge is -2.52. The summed E-state index contributed by atoms with van der Waals surface area (Å²) in [6.45, 7) is 13.3. The van der Waals surface area contributed by atoms with E-state index < -0.39 is 12.2 Å². The molecule has 47 heavy (non-hydrogen) atoms. The minimum atomic E-state index is -0.609. The zero-order chi connectivity index (χ0) is 33.6. The second-order valence-electron chi connectivity index (χ2n) is 17.0. The Hall–Kier alpha value is -0.280. The van der Waals surface area contributed by atoms with Gasteiger partial charge in [0.05, 0.1) is 43.9 Å². The summed E-state index contributed by atoms with van der Waals surface area (Å²) in [5.74, 6) is 4.45. The Kier molecular flexibility index (Phi) is 17.8. The number of rotatable bonds is 19. The molecule has 4 fully saturated rings. The van der Waals surface area contributed by atoms with Crippen molar-refractivity contribution < 1.29 is 19.7 Å². The van der Waals surface area contributed by atoms with Crippen molar-refractivity contribution in [3.05, 3.63) is 0 Å². The lowest BCUT2D eigenvalue weighted by molar-refractivity contribution is -0.0897. The summed E-state index contributed by atoms with van der Waals surface area (Å²) in [7, 11) is 0. The maximum absolute atomic E-state index is 11.5. The molecule has 3 saturated carbocycles. The van der Waals surface area contributed by atoms with Gasteiger partial charge in [0.1, 0.15) is 6.10 Å². The maximum Gasteiger partial charge on any atom is 0.101 e. The number of ether oxygens (including phenoxy) is 2. The van der Waals surface area contributed by atoms with Gasteiger partial charge in [0.2, 0.25) is 0 Å². The van der Waals surface area contributed by atoms with Crippen LogP contribution in [0.4, 0.5) is 0 Å². The van der Waals surface area contributed by atoms with Crippen molar-refractivity contribution in [2.75, 3.05) is 19.8 Å². The molecule has 3 aliphatic carbocycles. The van der Waals surface area contributed by atoms with Gasteiger partial charge in [0.25, 0.3) is 0 Å². The molecule has 1 aliphatic heterocycles. The van der Waals surface area contributed by atoms with Crippen LogP contribution in [-0.4, -0.2) is 66.8 Å². The highest BCUT2D eigenvalue weighted by Crippen LogP contribution is 2.40. The number of unbranched alkanes of at least 4 members (excludes halogenated alkanes) is 9. The minimum absolute atomic E-state index is 0.00843. The molecule has 0 amide bonds. The van der Waals surface area contributed by atoms with E-state index in [0.717, 1.165) is 31.1 Å². The predicted octanol–water partition coefficient (Wildman–Crippen LogP) is 7.74. The first-order valence-corrected chi connectivity index (χ1v) is 20.6. The molecule has 0 spiro atoms. The predicted molar refractivity (Wildman–Crippen MR) is 194 cm³/mol. The van der Waals surface area contributed by atoms with Crippen molar-refractivity contribution in [2.24, 2.45) is 41.4 Å². The van der Waals surface area contributed by atoms with E-state index in [1.807, 2.05) is 0 Å². The third-order valence-corrected chi connectivity index (χ3v) is 12.7. The smallest absolute Gasteiger partial charge is 0.101 e. The maximum atomic E-state index is 11.5. The average Bonchev–Trinajstić information content (AvgIpc) is 3.04. The van der Waals surface area contributed by atoms with E-state index in [-0.39, 0.29) is 37.1 Å². The molecular weight excluding hydrogens is 586 g/mol. The Labute approximate surface area is 289 Å². The van der Waals surface area contributed by atoms with Crippen LogP contribution in [0.25, 0.3) is 0 Å². The second kappa shape index (κ2) is 21.2. The first-order chi connectivity index (χ1) is 22.7. The van der Waals surface area contributed by atoms with Crippen LogP contribution < -0.4 is 16.0 Å². The molecule has 0 aromatic heterocycles. The number of nitrogens with one attached hydrogen (secondary N) is 3. The fourth-order valence-electron chi connectivity index (χ4n) is 9.71. The van der Waals surface area contributed by atoms with Gasteiger partial charge in [0, 0.05) is 12.5 Å². The average molecular weight is 664 g/mol. The monoisotopic (exact) mass is 664 g/mol. The molecule has 0 bridgehead atoms. The third kappa shape index (κ3) is 13.1. The van der Waals surface area contributed by atoms with Crippen molar-refractivity contribution in [1.29, 1.82) is 0 Å². The van der Waals surface area contributed by atoms with Crippen LogP contribution in [0.2, 0.25) is 0 Å². The lowest BCUT2D eigenvalue weighted by atomic mass is 9.71. The Morgan fingerprint density at radius 2 is 1.09 bits per heavy atom. The number of hydrogen-bond acceptors (Lipinski definition) is 7. The summed E-state index contributed by atoms with van der Waals surface area (Å²) in [6.07, 6.45) is 23.1. The van der Waals surface area contributed by atoms with Crippen molar-refractivity contribution in [3.63, 3.8) is 0 Å². The molecule has 1 saturated heterocycles. The lowest BCUT2D eigenvalue weighted by Crippen LogP contribution is -2.74. The van der Waals surface area contributed by atoms with E-state index in [1.165, 1.54) is 96.3 Å². The van der Waals surface area contributed by atoms with Crippen LogP contribution in [0, 0.1) is 41.4 Å². The second-order valence-corrected chi connectivity index (χ2v) is 17.0. The zero-order valence-corrected chi connectivity index (χ0v) is 31.3. The molecule has 4 rings (SSSR count). The normalized spacial score (nSPS) is 39.1. The first kappa shape index (κ1) is 39.5. The van der Waals surface area contributed by atoms with E-state index in [0.29, 0.717) is 43.3 Å². The quantitative estimate of drug-likeness (QED) is 0.0903. The first-order valence-electron chi connectivity index (χ1n) is 20.6. The molecular formula is C40H77N3O4. The molecule has 276 valence electrons. The van der Waals surface area contributed by atoms with Gasteiger partial charge in [-0.15, -0.1) is 0 Å². The molecule has 12 atom stereocenters. The highest BCUT2D eigenvalue weighted by molar-refractivity contribution is 4.98. The largest absolute Gasteiger partial charge is 0.393 e. The Bertz CT molecular complexity index is 799. The van der Waals surface area contributed by atoms with Gasteiger partial charge in [-0.3, -0.25) is 16.0 Å². The van der Waals surface area contributed by atoms with Crippen molar-refractivity contribution in [3.8, 4) is 0 Å². The van der Waals surface area contributed by atoms with Crippen molar-refractivity contribution >= 4 is 0 Å². The topological polar surface area (TPSA) is 95.0 Å². The molecule has 1 heterocycles. The molecule has 5 N–H and O–H groups in total. The molecule has 0 aromatic rings. The van der Waals surface area contributed by atoms with E-state index >= 15 is 0 Å². The fourth-order valence-corrected chi connectivity index (χ4v) is 9.71. The van der Waals surface area contributed by atoms with Crippen molar-refractivity contribution in [1.82, 2.24) is 16.0 Å². The molecule has 7 heteroatoms. The Morgan fingerprint density at radius 1 is 0.596 bits per heavy atom. The third-order valence-electron chi connectivity index (χ3n) is 12.7. The van der Waals surface area contributed by atoms with Gasteiger partial charge in [-0.05, 0) is 86.9 Å². The van der Waals surface area contributed by atoms with E-state index in [9.17, 15) is 10.2 Å². The highest BCUT2D eigenvalue weighted by Gasteiger charge is 2.45. The summed E-state index contributed by atoms with van der Waals surface area (Å²) >= 11 is 0. The van der Waals surface area contributed by atoms with Gasteiger partial charge in [0.15, 0.2) is 0 Å². The molecule has 7 nitrogen and oxygen atoms in total. The van der Waals surface area contributed by atoms with Crippen LogP contribution in [-0.2, 0) is 9.47 Å². The minimum Gasteiger partial charge on any atom is -0.393 e. The summed E-state index contributed by atoms with van der Waals surface area (Å²) in [4.78, 5) is 0. The van der Waals surface area contributed by atoms with E-state index in [1.54, 1.807) is 0 Å². The van der Waals surface area contributed by atoms with Crippen LogP contribution in [0.5, 0.6) is 0 Å². The van der Waals surface area contributed by atoms with Crippen LogP contribution in [0.3, 0.4) is 0 Å². The Morgan fingerprint density at radius 3 is 1.60 bits per heavy atom. The summed E-state index contributed by atoms with van der Waals surface area (Å²) in [6, 6.07) is 0. The number of aliphatic hydroxyl groups is 2. The van der Waals surface area contributed by atoms with Gasteiger partial charge in [-0.2, -0.15) is 0 Å². The molecule has 0 radical (unpaired) electrons. The number of aliphatic hydroxyl groups excluding tert-OH is 2. The summed E-state index contributed by atoms with van der Waals surface area (Å²) in [5, 5.41) is 34.1. The molecule has 12 unspecified atom stereocenters. The molecule has 4 aliphatic rings. The SMILES string of the molecule is CCCCCCCCCCCCOCC(O)COC1CCC(C2NC(C3CCC(C)CC3C)NC(C3CCC(C)CC3C)N2)C(O)C1. The summed E-state index contributed by atoms with van der Waals surface area (Å²) < 4.78 is 11.9. The van der Waals surface area contributed by atoms with Gasteiger partial charge >= 0.3 is 0 Å².